The van der Waals surface area contributed by atoms with E-state index in [-0.39, 0.29) is 5.41 Å². The van der Waals surface area contributed by atoms with Crippen molar-refractivity contribution < 1.29 is 9.90 Å². The van der Waals surface area contributed by atoms with Gasteiger partial charge in [0, 0.05) is 5.57 Å². The van der Waals surface area contributed by atoms with Crippen LogP contribution in [0.5, 0.6) is 0 Å². The van der Waals surface area contributed by atoms with Gasteiger partial charge in [0.2, 0.25) is 0 Å². The summed E-state index contributed by atoms with van der Waals surface area (Å²) in [5, 5.41) is 9.21. The van der Waals surface area contributed by atoms with E-state index in [0.29, 0.717) is 11.5 Å². The van der Waals surface area contributed by atoms with Crippen LogP contribution in [0.2, 0.25) is 0 Å². The van der Waals surface area contributed by atoms with Gasteiger partial charge in [-0.2, -0.15) is 0 Å². The molecule has 0 spiro atoms. The average Bonchev–Trinajstić information content (AvgIpc) is 2.32. The van der Waals surface area contributed by atoms with Crippen molar-refractivity contribution in [3.8, 4) is 0 Å². The summed E-state index contributed by atoms with van der Waals surface area (Å²) in [6, 6.07) is 0. The van der Waals surface area contributed by atoms with Crippen LogP contribution in [-0.4, -0.2) is 11.1 Å². The van der Waals surface area contributed by atoms with Gasteiger partial charge >= 0.3 is 5.97 Å². The first-order valence-corrected chi connectivity index (χ1v) is 7.57. The van der Waals surface area contributed by atoms with Gasteiger partial charge in [0.05, 0.1) is 0 Å². The summed E-state index contributed by atoms with van der Waals surface area (Å²) in [7, 11) is 0. The van der Waals surface area contributed by atoms with Gasteiger partial charge in [-0.05, 0) is 74.5 Å². The van der Waals surface area contributed by atoms with E-state index in [4.69, 9.17) is 0 Å². The van der Waals surface area contributed by atoms with Crippen molar-refractivity contribution in [2.45, 2.75) is 45.4 Å². The minimum atomic E-state index is -0.756. The summed E-state index contributed by atoms with van der Waals surface area (Å²) >= 11 is 0. The van der Waals surface area contributed by atoms with Gasteiger partial charge < -0.3 is 5.11 Å². The molecule has 3 atom stereocenters. The van der Waals surface area contributed by atoms with Gasteiger partial charge in [-0.3, -0.25) is 0 Å². The maximum absolute atomic E-state index is 11.2. The van der Waals surface area contributed by atoms with Crippen molar-refractivity contribution >= 4 is 5.97 Å². The minimum absolute atomic E-state index is 0.158. The van der Waals surface area contributed by atoms with Crippen LogP contribution in [-0.2, 0) is 4.79 Å². The highest BCUT2D eigenvalue weighted by atomic mass is 16.4. The molecular weight excluding hydrogens is 236 g/mol. The van der Waals surface area contributed by atoms with Crippen molar-refractivity contribution in [2.24, 2.45) is 29.1 Å². The summed E-state index contributed by atoms with van der Waals surface area (Å²) in [5.74, 6) is 2.37. The molecule has 4 saturated carbocycles. The summed E-state index contributed by atoms with van der Waals surface area (Å²) in [6.07, 6.45) is 11.8. The Balaban J connectivity index is 1.97. The molecule has 3 unspecified atom stereocenters. The van der Waals surface area contributed by atoms with E-state index in [1.807, 2.05) is 6.08 Å². The van der Waals surface area contributed by atoms with Crippen LogP contribution in [0.3, 0.4) is 0 Å². The van der Waals surface area contributed by atoms with Gasteiger partial charge in [0.15, 0.2) is 0 Å². The number of rotatable bonds is 4. The molecule has 0 aromatic rings. The maximum Gasteiger partial charge on any atom is 0.330 e. The number of allylic oxidation sites excluding steroid dienone is 2. The van der Waals surface area contributed by atoms with Crippen LogP contribution >= 0.6 is 0 Å². The SMILES string of the molecule is C=CCC1C2CC3CC(C2)CC1(C=C(C)C(=O)O)C3. The average molecular weight is 260 g/mol. The molecule has 0 heterocycles. The van der Waals surface area contributed by atoms with E-state index >= 15 is 0 Å². The first-order chi connectivity index (χ1) is 9.04. The highest BCUT2D eigenvalue weighted by molar-refractivity contribution is 5.85. The van der Waals surface area contributed by atoms with E-state index in [9.17, 15) is 9.90 Å². The highest BCUT2D eigenvalue weighted by Gasteiger charge is 2.55. The molecule has 1 N–H and O–H groups in total. The molecule has 0 aromatic carbocycles. The van der Waals surface area contributed by atoms with Crippen LogP contribution < -0.4 is 0 Å². The molecule has 4 fully saturated rings. The second-order valence-electron chi connectivity index (χ2n) is 7.10. The van der Waals surface area contributed by atoms with Gasteiger partial charge in [0.25, 0.3) is 0 Å². The van der Waals surface area contributed by atoms with E-state index in [1.165, 1.54) is 32.1 Å². The molecule has 104 valence electrons. The molecular formula is C17H24O2. The normalized spacial score (nSPS) is 44.4. The second kappa shape index (κ2) is 4.50. The Morgan fingerprint density at radius 3 is 2.47 bits per heavy atom. The third-order valence-electron chi connectivity index (χ3n) is 5.85. The zero-order valence-corrected chi connectivity index (χ0v) is 11.8. The lowest BCUT2D eigenvalue weighted by Crippen LogP contribution is -2.51. The first-order valence-electron chi connectivity index (χ1n) is 7.57. The number of hydrogen-bond acceptors (Lipinski definition) is 1. The predicted molar refractivity (Wildman–Crippen MR) is 75.7 cm³/mol. The third-order valence-corrected chi connectivity index (χ3v) is 5.85. The Morgan fingerprint density at radius 1 is 1.32 bits per heavy atom. The summed E-state index contributed by atoms with van der Waals surface area (Å²) in [4.78, 5) is 11.2. The van der Waals surface area contributed by atoms with Crippen LogP contribution in [0.1, 0.15) is 45.4 Å². The number of hydrogen-bond donors (Lipinski definition) is 1. The Morgan fingerprint density at radius 2 is 1.95 bits per heavy atom. The fourth-order valence-electron chi connectivity index (χ4n) is 5.53. The molecule has 0 aliphatic heterocycles. The largest absolute Gasteiger partial charge is 0.478 e. The van der Waals surface area contributed by atoms with E-state index in [2.05, 4.69) is 12.7 Å². The third kappa shape index (κ3) is 2.05. The van der Waals surface area contributed by atoms with E-state index < -0.39 is 5.97 Å². The molecule has 0 aromatic heterocycles. The number of carboxylic acids is 1. The van der Waals surface area contributed by atoms with E-state index in [0.717, 1.165) is 24.2 Å². The summed E-state index contributed by atoms with van der Waals surface area (Å²) < 4.78 is 0. The Hall–Kier alpha value is -1.05. The molecule has 4 aliphatic carbocycles. The molecule has 19 heavy (non-hydrogen) atoms. The molecule has 2 nitrogen and oxygen atoms in total. The lowest BCUT2D eigenvalue weighted by Gasteiger charge is -2.60. The minimum Gasteiger partial charge on any atom is -0.478 e. The molecule has 0 radical (unpaired) electrons. The molecule has 2 heteroatoms. The van der Waals surface area contributed by atoms with Crippen molar-refractivity contribution in [3.05, 3.63) is 24.3 Å². The topological polar surface area (TPSA) is 37.3 Å². The molecule has 4 rings (SSSR count). The number of carboxylic acid groups (broad SMARTS) is 1. The zero-order valence-electron chi connectivity index (χ0n) is 11.8. The fourth-order valence-corrected chi connectivity index (χ4v) is 5.53. The standard InChI is InChI=1S/C17H24O2/c1-3-4-15-14-6-12-5-13(7-14)10-17(15,9-12)8-11(2)16(18)19/h3,8,12-15H,1,4-7,9-10H2,2H3,(H,18,19). The Labute approximate surface area is 115 Å². The monoisotopic (exact) mass is 260 g/mol. The van der Waals surface area contributed by atoms with Crippen LogP contribution in [0, 0.1) is 29.1 Å². The molecule has 0 amide bonds. The summed E-state index contributed by atoms with van der Waals surface area (Å²) in [5.41, 5.74) is 0.696. The lowest BCUT2D eigenvalue weighted by atomic mass is 9.44. The van der Waals surface area contributed by atoms with Crippen molar-refractivity contribution in [3.63, 3.8) is 0 Å². The van der Waals surface area contributed by atoms with Crippen LogP contribution in [0.25, 0.3) is 0 Å². The van der Waals surface area contributed by atoms with Crippen molar-refractivity contribution in [1.82, 2.24) is 0 Å². The number of carbonyl (C=O) groups is 1. The second-order valence-corrected chi connectivity index (χ2v) is 7.10. The van der Waals surface area contributed by atoms with Crippen LogP contribution in [0.4, 0.5) is 0 Å². The smallest absolute Gasteiger partial charge is 0.330 e. The summed E-state index contributed by atoms with van der Waals surface area (Å²) in [6.45, 7) is 5.68. The van der Waals surface area contributed by atoms with Gasteiger partial charge in [0.1, 0.15) is 0 Å². The molecule has 4 aliphatic rings. The molecule has 0 saturated heterocycles. The Kier molecular flexibility index (Phi) is 3.07. The number of aliphatic carboxylic acids is 1. The fraction of sp³-hybridized carbons (Fsp3) is 0.706. The predicted octanol–water partition coefficient (Wildman–Crippen LogP) is 4.04. The van der Waals surface area contributed by atoms with Gasteiger partial charge in [-0.1, -0.05) is 12.2 Å². The van der Waals surface area contributed by atoms with Crippen molar-refractivity contribution in [2.75, 3.05) is 0 Å². The van der Waals surface area contributed by atoms with Gasteiger partial charge in [-0.25, -0.2) is 4.79 Å². The highest BCUT2D eigenvalue weighted by Crippen LogP contribution is 2.64. The maximum atomic E-state index is 11.2. The molecule has 4 bridgehead atoms. The quantitative estimate of drug-likeness (QED) is 0.612. The Bertz CT molecular complexity index is 421. The zero-order chi connectivity index (χ0) is 13.6. The van der Waals surface area contributed by atoms with Crippen LogP contribution in [0.15, 0.2) is 24.3 Å². The van der Waals surface area contributed by atoms with Crippen molar-refractivity contribution in [1.29, 1.82) is 0 Å². The van der Waals surface area contributed by atoms with Gasteiger partial charge in [-0.15, -0.1) is 6.58 Å². The first kappa shape index (κ1) is 13.0. The van der Waals surface area contributed by atoms with E-state index in [1.54, 1.807) is 6.92 Å². The lowest BCUT2D eigenvalue weighted by molar-refractivity contribution is -0.133.